The van der Waals surface area contributed by atoms with Crippen molar-refractivity contribution in [1.29, 1.82) is 0 Å². The molecule has 3 aromatic heterocycles. The average Bonchev–Trinajstić information content (AvgIpc) is 3.68. The summed E-state index contributed by atoms with van der Waals surface area (Å²) in [5.41, 5.74) is 3.19. The lowest BCUT2D eigenvalue weighted by Crippen LogP contribution is -2.09. The molecule has 2 aliphatic carbocycles. The number of aryl methyl sites for hydroxylation is 3. The number of fused-ring (bicyclic) bond motifs is 1. The molecule has 2 fully saturated rings. The Bertz CT molecular complexity index is 1290. The maximum absolute atomic E-state index is 5.97. The molecule has 0 saturated heterocycles. The van der Waals surface area contributed by atoms with Gasteiger partial charge in [-0.05, 0) is 51.2 Å². The van der Waals surface area contributed by atoms with Gasteiger partial charge in [-0.25, -0.2) is 9.97 Å². The van der Waals surface area contributed by atoms with E-state index >= 15 is 0 Å². The van der Waals surface area contributed by atoms with Crippen molar-refractivity contribution in [3.8, 4) is 11.8 Å². The lowest BCUT2D eigenvalue weighted by atomic mass is 10.2. The average molecular weight is 416 g/mol. The third kappa shape index (κ3) is 3.36. The Morgan fingerprint density at radius 3 is 2.61 bits per heavy atom. The van der Waals surface area contributed by atoms with Gasteiger partial charge in [0.05, 0.1) is 23.3 Å². The van der Waals surface area contributed by atoms with Crippen LogP contribution in [-0.2, 0) is 7.05 Å². The maximum atomic E-state index is 5.97. The van der Waals surface area contributed by atoms with Crippen LogP contribution in [0.2, 0.25) is 0 Å². The minimum absolute atomic E-state index is 0.297. The van der Waals surface area contributed by atoms with E-state index in [0.29, 0.717) is 36.2 Å². The second-order valence-corrected chi connectivity index (χ2v) is 8.77. The number of hydrogen-bond donors (Lipinski definition) is 0. The third-order valence-electron chi connectivity index (χ3n) is 6.27. The van der Waals surface area contributed by atoms with Gasteiger partial charge in [-0.1, -0.05) is 12.1 Å². The summed E-state index contributed by atoms with van der Waals surface area (Å²) < 4.78 is 9.95. The predicted molar refractivity (Wildman–Crippen MR) is 115 cm³/mol. The molecule has 0 bridgehead atoms. The summed E-state index contributed by atoms with van der Waals surface area (Å²) in [5, 5.41) is 4.51. The summed E-state index contributed by atoms with van der Waals surface area (Å²) in [6.45, 7) is 4.50. The highest BCUT2D eigenvalue weighted by atomic mass is 16.5. The predicted octanol–water partition coefficient (Wildman–Crippen LogP) is 3.62. The van der Waals surface area contributed by atoms with E-state index < -0.39 is 0 Å². The molecule has 0 spiro atoms. The van der Waals surface area contributed by atoms with E-state index in [1.807, 2.05) is 26.0 Å². The quantitative estimate of drug-likeness (QED) is 0.478. The number of aromatic nitrogens is 7. The molecule has 2 unspecified atom stereocenters. The third-order valence-corrected chi connectivity index (χ3v) is 6.27. The summed E-state index contributed by atoms with van der Waals surface area (Å²) in [4.78, 5) is 18.8. The van der Waals surface area contributed by atoms with Crippen LogP contribution in [0.3, 0.4) is 0 Å². The van der Waals surface area contributed by atoms with E-state index in [1.54, 1.807) is 4.68 Å². The van der Waals surface area contributed by atoms with Crippen molar-refractivity contribution in [2.45, 2.75) is 44.9 Å². The fraction of sp³-hybridized carbons (Fsp3) is 0.435. The van der Waals surface area contributed by atoms with Crippen molar-refractivity contribution in [1.82, 2.24) is 34.3 Å². The van der Waals surface area contributed by atoms with Crippen LogP contribution in [0.15, 0.2) is 30.3 Å². The molecular weight excluding hydrogens is 390 g/mol. The molecule has 8 heteroatoms. The number of para-hydroxylation sites is 2. The van der Waals surface area contributed by atoms with Crippen LogP contribution in [0.5, 0.6) is 6.01 Å². The van der Waals surface area contributed by atoms with Gasteiger partial charge >= 0.3 is 6.01 Å². The fourth-order valence-corrected chi connectivity index (χ4v) is 4.31. The van der Waals surface area contributed by atoms with Crippen molar-refractivity contribution < 1.29 is 4.74 Å². The Kier molecular flexibility index (Phi) is 4.09. The zero-order valence-corrected chi connectivity index (χ0v) is 18.0. The van der Waals surface area contributed by atoms with Crippen LogP contribution in [-0.4, -0.2) is 40.9 Å². The van der Waals surface area contributed by atoms with Crippen molar-refractivity contribution in [2.24, 2.45) is 13.0 Å². The molecule has 158 valence electrons. The molecule has 0 N–H and O–H groups in total. The highest BCUT2D eigenvalue weighted by molar-refractivity contribution is 5.76. The summed E-state index contributed by atoms with van der Waals surface area (Å²) >= 11 is 0. The second-order valence-electron chi connectivity index (χ2n) is 8.77. The number of hydrogen-bond acceptors (Lipinski definition) is 6. The molecule has 2 saturated carbocycles. The normalized spacial score (nSPS) is 20.4. The van der Waals surface area contributed by atoms with E-state index in [9.17, 15) is 0 Å². The Morgan fingerprint density at radius 1 is 1.03 bits per heavy atom. The molecule has 4 aromatic rings. The van der Waals surface area contributed by atoms with Crippen LogP contribution in [0.1, 0.15) is 54.3 Å². The fourth-order valence-electron chi connectivity index (χ4n) is 4.31. The first-order valence-corrected chi connectivity index (χ1v) is 10.9. The molecular formula is C23H25N7O. The van der Waals surface area contributed by atoms with Gasteiger partial charge in [-0.3, -0.25) is 0 Å². The van der Waals surface area contributed by atoms with Gasteiger partial charge in [-0.2, -0.15) is 14.6 Å². The highest BCUT2D eigenvalue weighted by Gasteiger charge is 2.44. The molecule has 0 aliphatic heterocycles. The molecule has 0 amide bonds. The largest absolute Gasteiger partial charge is 0.463 e. The van der Waals surface area contributed by atoms with Crippen LogP contribution < -0.4 is 4.74 Å². The second kappa shape index (κ2) is 6.87. The molecule has 2 aliphatic rings. The molecule has 8 nitrogen and oxygen atoms in total. The van der Waals surface area contributed by atoms with Crippen LogP contribution in [0, 0.1) is 19.8 Å². The number of rotatable bonds is 6. The summed E-state index contributed by atoms with van der Waals surface area (Å²) in [7, 11) is 2.09. The van der Waals surface area contributed by atoms with E-state index in [0.717, 1.165) is 40.6 Å². The van der Waals surface area contributed by atoms with Crippen LogP contribution in [0.4, 0.5) is 0 Å². The SMILES string of the molecule is Cc1nc(C)n(-c2cc(C3CC3c3nc4ccccc4n3C)nc(OCC3CC3)n2)n1. The van der Waals surface area contributed by atoms with Gasteiger partial charge < -0.3 is 9.30 Å². The standard InChI is InChI=1S/C23H25N7O/c1-13-24-14(2)30(28-13)21-11-19(26-23(27-21)31-12-15-8-9-15)16-10-17(16)22-25-18-6-4-5-7-20(18)29(22)3/h4-7,11,15-17H,8-10,12H2,1-3H3. The van der Waals surface area contributed by atoms with Gasteiger partial charge in [0.25, 0.3) is 0 Å². The number of ether oxygens (including phenoxy) is 1. The van der Waals surface area contributed by atoms with Gasteiger partial charge in [-0.15, -0.1) is 5.10 Å². The minimum atomic E-state index is 0.297. The van der Waals surface area contributed by atoms with Crippen molar-refractivity contribution in [3.63, 3.8) is 0 Å². The van der Waals surface area contributed by atoms with Crippen molar-refractivity contribution in [3.05, 3.63) is 53.5 Å². The van der Waals surface area contributed by atoms with Crippen molar-refractivity contribution in [2.75, 3.05) is 6.61 Å². The maximum Gasteiger partial charge on any atom is 0.318 e. The Hall–Kier alpha value is -3.29. The van der Waals surface area contributed by atoms with Gasteiger partial charge in [0, 0.05) is 24.9 Å². The summed E-state index contributed by atoms with van der Waals surface area (Å²) in [6, 6.07) is 10.7. The van der Waals surface area contributed by atoms with Crippen LogP contribution in [0.25, 0.3) is 16.9 Å². The zero-order chi connectivity index (χ0) is 21.1. The molecule has 3 heterocycles. The highest BCUT2D eigenvalue weighted by Crippen LogP contribution is 2.54. The Balaban J connectivity index is 1.35. The van der Waals surface area contributed by atoms with E-state index in [4.69, 9.17) is 14.7 Å². The number of benzene rings is 1. The first-order valence-electron chi connectivity index (χ1n) is 10.9. The van der Waals surface area contributed by atoms with E-state index in [1.165, 1.54) is 12.8 Å². The number of nitrogens with zero attached hydrogens (tertiary/aromatic N) is 7. The van der Waals surface area contributed by atoms with Gasteiger partial charge in [0.2, 0.25) is 0 Å². The molecule has 31 heavy (non-hydrogen) atoms. The molecule has 1 aromatic carbocycles. The van der Waals surface area contributed by atoms with Gasteiger partial charge in [0.15, 0.2) is 5.82 Å². The Morgan fingerprint density at radius 2 is 1.87 bits per heavy atom. The zero-order valence-electron chi connectivity index (χ0n) is 18.0. The summed E-state index contributed by atoms with van der Waals surface area (Å²) in [6.07, 6.45) is 3.47. The van der Waals surface area contributed by atoms with Crippen LogP contribution >= 0.6 is 0 Å². The minimum Gasteiger partial charge on any atom is -0.463 e. The monoisotopic (exact) mass is 415 g/mol. The summed E-state index contributed by atoms with van der Waals surface area (Å²) in [5.74, 6) is 4.63. The molecule has 6 rings (SSSR count). The lowest BCUT2D eigenvalue weighted by Gasteiger charge is -2.10. The van der Waals surface area contributed by atoms with E-state index in [-0.39, 0.29) is 0 Å². The molecule has 2 atom stereocenters. The lowest BCUT2D eigenvalue weighted by molar-refractivity contribution is 0.275. The first kappa shape index (κ1) is 18.5. The van der Waals surface area contributed by atoms with E-state index in [2.05, 4.69) is 44.9 Å². The topological polar surface area (TPSA) is 83.5 Å². The van der Waals surface area contributed by atoms with Crippen molar-refractivity contribution >= 4 is 11.0 Å². The number of imidazole rings is 1. The Labute approximate surface area is 180 Å². The molecule has 0 radical (unpaired) electrons. The smallest absolute Gasteiger partial charge is 0.318 e. The first-order chi connectivity index (χ1) is 15.1. The van der Waals surface area contributed by atoms with Gasteiger partial charge in [0.1, 0.15) is 17.5 Å².